The summed E-state index contributed by atoms with van der Waals surface area (Å²) in [7, 11) is 1.57. The number of alkyl halides is 3. The third kappa shape index (κ3) is 4.77. The Balaban J connectivity index is 1.51. The van der Waals surface area contributed by atoms with Gasteiger partial charge in [0.05, 0.1) is 19.3 Å². The number of aliphatic hydroxyl groups is 1. The highest BCUT2D eigenvalue weighted by Crippen LogP contribution is 2.38. The van der Waals surface area contributed by atoms with E-state index in [0.717, 1.165) is 24.1 Å². The van der Waals surface area contributed by atoms with Crippen molar-refractivity contribution in [2.45, 2.75) is 31.0 Å². The monoisotopic (exact) mass is 395 g/mol. The van der Waals surface area contributed by atoms with Crippen LogP contribution >= 0.6 is 0 Å². The molecule has 1 aliphatic rings. The largest absolute Gasteiger partial charge is 0.497 e. The van der Waals surface area contributed by atoms with Gasteiger partial charge in [0.2, 0.25) is 0 Å². The molecule has 0 saturated heterocycles. The minimum absolute atomic E-state index is 0.365. The first-order valence-electron chi connectivity index (χ1n) is 9.22. The lowest BCUT2D eigenvalue weighted by molar-refractivity contribution is -0.137. The summed E-state index contributed by atoms with van der Waals surface area (Å²) in [5.41, 5.74) is -0.121. The standard InChI is InChI=1S/C21H24F3NO3/c1-27-17-8-9-19-18(13-17)20(26,10-12-28-19)14-25-11-2-3-15-4-6-16(7-5-15)21(22,23)24/h4-9,13,25-26H,2-3,10-12,14H2,1H3. The number of rotatable bonds is 7. The van der Waals surface area contributed by atoms with Gasteiger partial charge in [-0.3, -0.25) is 0 Å². The quantitative estimate of drug-likeness (QED) is 0.698. The van der Waals surface area contributed by atoms with Crippen molar-refractivity contribution >= 4 is 0 Å². The molecule has 0 fully saturated rings. The average Bonchev–Trinajstić information content (AvgIpc) is 2.67. The van der Waals surface area contributed by atoms with Gasteiger partial charge in [-0.15, -0.1) is 0 Å². The first-order chi connectivity index (χ1) is 13.3. The lowest BCUT2D eigenvalue weighted by Crippen LogP contribution is -2.42. The van der Waals surface area contributed by atoms with E-state index >= 15 is 0 Å². The molecule has 1 heterocycles. The summed E-state index contributed by atoms with van der Waals surface area (Å²) in [4.78, 5) is 0. The zero-order chi connectivity index (χ0) is 20.2. The number of halogens is 3. The summed E-state index contributed by atoms with van der Waals surface area (Å²) in [6.07, 6.45) is -2.42. The highest BCUT2D eigenvalue weighted by atomic mass is 19.4. The highest BCUT2D eigenvalue weighted by molar-refractivity contribution is 5.45. The molecule has 2 aromatic carbocycles. The molecule has 3 rings (SSSR count). The normalized spacial score (nSPS) is 19.0. The molecule has 7 heteroatoms. The van der Waals surface area contributed by atoms with E-state index in [2.05, 4.69) is 5.32 Å². The molecule has 1 unspecified atom stereocenters. The van der Waals surface area contributed by atoms with Gasteiger partial charge in [-0.2, -0.15) is 13.2 Å². The lowest BCUT2D eigenvalue weighted by atomic mass is 9.87. The van der Waals surface area contributed by atoms with Crippen molar-refractivity contribution in [2.75, 3.05) is 26.8 Å². The van der Waals surface area contributed by atoms with Crippen LogP contribution in [-0.2, 0) is 18.2 Å². The molecule has 2 aromatic rings. The molecule has 4 nitrogen and oxygen atoms in total. The smallest absolute Gasteiger partial charge is 0.416 e. The second-order valence-corrected chi connectivity index (χ2v) is 6.97. The van der Waals surface area contributed by atoms with Gasteiger partial charge < -0.3 is 19.9 Å². The van der Waals surface area contributed by atoms with E-state index in [0.29, 0.717) is 49.6 Å². The fourth-order valence-corrected chi connectivity index (χ4v) is 3.35. The lowest BCUT2D eigenvalue weighted by Gasteiger charge is -2.34. The molecule has 0 amide bonds. The summed E-state index contributed by atoms with van der Waals surface area (Å²) < 4.78 is 48.6. The van der Waals surface area contributed by atoms with Crippen LogP contribution in [0.3, 0.4) is 0 Å². The fourth-order valence-electron chi connectivity index (χ4n) is 3.35. The van der Waals surface area contributed by atoms with Gasteiger partial charge in [0, 0.05) is 18.5 Å². The minimum atomic E-state index is -4.31. The molecule has 2 N–H and O–H groups in total. The second kappa shape index (κ2) is 8.41. The SMILES string of the molecule is COc1ccc2c(c1)C(O)(CNCCCc1ccc(C(F)(F)F)cc1)CCO2. The van der Waals surface area contributed by atoms with Crippen molar-refractivity contribution in [1.82, 2.24) is 5.32 Å². The second-order valence-electron chi connectivity index (χ2n) is 6.97. The maximum atomic E-state index is 12.6. The van der Waals surface area contributed by atoms with Gasteiger partial charge >= 0.3 is 6.18 Å². The van der Waals surface area contributed by atoms with E-state index < -0.39 is 17.3 Å². The summed E-state index contributed by atoms with van der Waals surface area (Å²) >= 11 is 0. The number of fused-ring (bicyclic) bond motifs is 1. The molecule has 28 heavy (non-hydrogen) atoms. The van der Waals surface area contributed by atoms with E-state index in [-0.39, 0.29) is 0 Å². The van der Waals surface area contributed by atoms with Crippen LogP contribution in [0.15, 0.2) is 42.5 Å². The van der Waals surface area contributed by atoms with Crippen LogP contribution < -0.4 is 14.8 Å². The Labute approximate surface area is 162 Å². The Morgan fingerprint density at radius 3 is 2.61 bits per heavy atom. The molecular formula is C21H24F3NO3. The van der Waals surface area contributed by atoms with Crippen LogP contribution in [0.5, 0.6) is 11.5 Å². The zero-order valence-electron chi connectivity index (χ0n) is 15.7. The van der Waals surface area contributed by atoms with Gasteiger partial charge in [0.1, 0.15) is 17.1 Å². The zero-order valence-corrected chi connectivity index (χ0v) is 15.7. The van der Waals surface area contributed by atoms with Crippen LogP contribution in [0, 0.1) is 0 Å². The van der Waals surface area contributed by atoms with Crippen molar-refractivity contribution in [3.63, 3.8) is 0 Å². The molecule has 0 bridgehead atoms. The Morgan fingerprint density at radius 1 is 1.18 bits per heavy atom. The predicted molar refractivity (Wildman–Crippen MR) is 99.6 cm³/mol. The van der Waals surface area contributed by atoms with Crippen molar-refractivity contribution in [2.24, 2.45) is 0 Å². The number of ether oxygens (including phenoxy) is 2. The first kappa shape index (κ1) is 20.5. The molecule has 0 radical (unpaired) electrons. The van der Waals surface area contributed by atoms with Crippen molar-refractivity contribution in [3.05, 3.63) is 59.2 Å². The summed E-state index contributed by atoms with van der Waals surface area (Å²) in [6.45, 7) is 1.44. The number of hydrogen-bond acceptors (Lipinski definition) is 4. The third-order valence-electron chi connectivity index (χ3n) is 4.98. The first-order valence-corrected chi connectivity index (χ1v) is 9.22. The Morgan fingerprint density at radius 2 is 1.93 bits per heavy atom. The molecule has 1 atom stereocenters. The Kier molecular flexibility index (Phi) is 6.15. The summed E-state index contributed by atoms with van der Waals surface area (Å²) in [5, 5.41) is 14.3. The predicted octanol–water partition coefficient (Wildman–Crippen LogP) is 3.91. The number of nitrogens with one attached hydrogen (secondary N) is 1. The summed E-state index contributed by atoms with van der Waals surface area (Å²) in [5.74, 6) is 1.31. The van der Waals surface area contributed by atoms with Gasteiger partial charge in [-0.05, 0) is 55.3 Å². The average molecular weight is 395 g/mol. The summed E-state index contributed by atoms with van der Waals surface area (Å²) in [6, 6.07) is 10.6. The molecule has 1 aliphatic heterocycles. The minimum Gasteiger partial charge on any atom is -0.497 e. The Bertz CT molecular complexity index is 792. The van der Waals surface area contributed by atoms with Gasteiger partial charge in [-0.25, -0.2) is 0 Å². The highest BCUT2D eigenvalue weighted by Gasteiger charge is 2.35. The number of methoxy groups -OCH3 is 1. The number of aryl methyl sites for hydroxylation is 1. The van der Waals surface area contributed by atoms with Crippen LogP contribution in [-0.4, -0.2) is 31.9 Å². The maximum Gasteiger partial charge on any atom is 0.416 e. The molecule has 0 aliphatic carbocycles. The molecular weight excluding hydrogens is 371 g/mol. The molecule has 0 aromatic heterocycles. The van der Waals surface area contributed by atoms with Gasteiger partial charge in [0.25, 0.3) is 0 Å². The van der Waals surface area contributed by atoms with E-state index in [4.69, 9.17) is 9.47 Å². The van der Waals surface area contributed by atoms with Crippen LogP contribution in [0.4, 0.5) is 13.2 Å². The number of hydrogen-bond donors (Lipinski definition) is 2. The topological polar surface area (TPSA) is 50.7 Å². The molecule has 0 spiro atoms. The third-order valence-corrected chi connectivity index (χ3v) is 4.98. The van der Waals surface area contributed by atoms with E-state index in [1.165, 1.54) is 12.1 Å². The van der Waals surface area contributed by atoms with Crippen molar-refractivity contribution in [1.29, 1.82) is 0 Å². The van der Waals surface area contributed by atoms with Crippen molar-refractivity contribution in [3.8, 4) is 11.5 Å². The molecule has 152 valence electrons. The maximum absolute atomic E-state index is 12.6. The van der Waals surface area contributed by atoms with E-state index in [1.807, 2.05) is 0 Å². The molecule has 0 saturated carbocycles. The van der Waals surface area contributed by atoms with Crippen LogP contribution in [0.2, 0.25) is 0 Å². The van der Waals surface area contributed by atoms with E-state index in [1.54, 1.807) is 25.3 Å². The fraction of sp³-hybridized carbons (Fsp3) is 0.429. The van der Waals surface area contributed by atoms with Crippen molar-refractivity contribution < 1.29 is 27.8 Å². The van der Waals surface area contributed by atoms with Crippen LogP contribution in [0.25, 0.3) is 0 Å². The van der Waals surface area contributed by atoms with E-state index in [9.17, 15) is 18.3 Å². The van der Waals surface area contributed by atoms with Gasteiger partial charge in [0.15, 0.2) is 0 Å². The van der Waals surface area contributed by atoms with Gasteiger partial charge in [-0.1, -0.05) is 12.1 Å². The van der Waals surface area contributed by atoms with Crippen LogP contribution in [0.1, 0.15) is 29.5 Å². The Hall–Kier alpha value is -2.25. The number of benzene rings is 2.